The summed E-state index contributed by atoms with van der Waals surface area (Å²) in [5.41, 5.74) is 0.920. The molecular formula is C16H23NO4. The van der Waals surface area contributed by atoms with Crippen molar-refractivity contribution in [2.75, 3.05) is 7.11 Å². The van der Waals surface area contributed by atoms with Crippen LogP contribution in [-0.4, -0.2) is 29.6 Å². The Morgan fingerprint density at radius 3 is 2.43 bits per heavy atom. The fourth-order valence-corrected chi connectivity index (χ4v) is 2.41. The highest BCUT2D eigenvalue weighted by Crippen LogP contribution is 2.25. The maximum atomic E-state index is 12.1. The van der Waals surface area contributed by atoms with Gasteiger partial charge in [-0.1, -0.05) is 26.0 Å². The van der Waals surface area contributed by atoms with Crippen molar-refractivity contribution in [3.8, 4) is 5.75 Å². The third-order valence-electron chi connectivity index (χ3n) is 3.41. The Kier molecular flexibility index (Phi) is 6.72. The first-order chi connectivity index (χ1) is 9.97. The quantitative estimate of drug-likeness (QED) is 0.351. The number of carbonyl (C=O) groups excluding carboxylic acids is 1. The number of carbonyl (C=O) groups is 1. The summed E-state index contributed by atoms with van der Waals surface area (Å²) in [6, 6.07) is 6.71. The number of methoxy groups -OCH3 is 1. The lowest BCUT2D eigenvalue weighted by atomic mass is 9.82. The maximum absolute atomic E-state index is 12.1. The second kappa shape index (κ2) is 8.29. The van der Waals surface area contributed by atoms with Crippen molar-refractivity contribution in [1.82, 2.24) is 0 Å². The lowest BCUT2D eigenvalue weighted by Gasteiger charge is -2.23. The number of benzene rings is 1. The molecule has 1 rings (SSSR count). The first-order valence-electron chi connectivity index (χ1n) is 7.01. The summed E-state index contributed by atoms with van der Waals surface area (Å²) in [5, 5.41) is 21.3. The summed E-state index contributed by atoms with van der Waals surface area (Å²) in [5.74, 6) is -0.397. The Bertz CT molecular complexity index is 468. The van der Waals surface area contributed by atoms with Crippen LogP contribution in [0.25, 0.3) is 0 Å². The van der Waals surface area contributed by atoms with Crippen LogP contribution in [0, 0.1) is 17.8 Å². The van der Waals surface area contributed by atoms with Crippen molar-refractivity contribution < 1.29 is 19.8 Å². The van der Waals surface area contributed by atoms with Gasteiger partial charge in [-0.3, -0.25) is 4.79 Å². The summed E-state index contributed by atoms with van der Waals surface area (Å²) in [7, 11) is 1.36. The van der Waals surface area contributed by atoms with Crippen LogP contribution >= 0.6 is 0 Å². The lowest BCUT2D eigenvalue weighted by Crippen LogP contribution is -2.29. The number of oxime groups is 1. The number of hydrogen-bond acceptors (Lipinski definition) is 5. The van der Waals surface area contributed by atoms with E-state index in [0.717, 1.165) is 12.0 Å². The van der Waals surface area contributed by atoms with E-state index >= 15 is 0 Å². The Morgan fingerprint density at radius 2 is 1.95 bits per heavy atom. The van der Waals surface area contributed by atoms with E-state index in [0.29, 0.717) is 12.3 Å². The van der Waals surface area contributed by atoms with Gasteiger partial charge in [0.1, 0.15) is 5.75 Å². The van der Waals surface area contributed by atoms with Crippen LogP contribution in [0.1, 0.15) is 25.8 Å². The average Bonchev–Trinajstić information content (AvgIpc) is 2.45. The van der Waals surface area contributed by atoms with Crippen molar-refractivity contribution >= 4 is 12.2 Å². The van der Waals surface area contributed by atoms with E-state index in [2.05, 4.69) is 5.16 Å². The zero-order valence-electron chi connectivity index (χ0n) is 12.7. The third kappa shape index (κ3) is 5.45. The molecule has 0 fully saturated rings. The molecule has 5 nitrogen and oxygen atoms in total. The van der Waals surface area contributed by atoms with Gasteiger partial charge in [0.25, 0.3) is 0 Å². The Labute approximate surface area is 125 Å². The minimum Gasteiger partial charge on any atom is -0.508 e. The van der Waals surface area contributed by atoms with Gasteiger partial charge < -0.3 is 15.1 Å². The minimum atomic E-state index is -0.419. The highest BCUT2D eigenvalue weighted by atomic mass is 16.5. The van der Waals surface area contributed by atoms with Gasteiger partial charge >= 0.3 is 5.97 Å². The van der Waals surface area contributed by atoms with Crippen molar-refractivity contribution in [3.63, 3.8) is 0 Å². The summed E-state index contributed by atoms with van der Waals surface area (Å²) < 4.78 is 4.89. The predicted molar refractivity (Wildman–Crippen MR) is 80.5 cm³/mol. The molecule has 1 aromatic carbocycles. The molecule has 0 aliphatic rings. The van der Waals surface area contributed by atoms with Crippen LogP contribution in [0.4, 0.5) is 0 Å². The maximum Gasteiger partial charge on any atom is 0.309 e. The Balaban J connectivity index is 2.96. The summed E-state index contributed by atoms with van der Waals surface area (Å²) in [6.07, 6.45) is 2.60. The van der Waals surface area contributed by atoms with E-state index < -0.39 is 5.92 Å². The number of aromatic hydroxyl groups is 1. The smallest absolute Gasteiger partial charge is 0.309 e. The van der Waals surface area contributed by atoms with Crippen LogP contribution < -0.4 is 0 Å². The molecule has 21 heavy (non-hydrogen) atoms. The highest BCUT2D eigenvalue weighted by Gasteiger charge is 2.29. The molecule has 0 aliphatic carbocycles. The van der Waals surface area contributed by atoms with Crippen molar-refractivity contribution in [2.45, 2.75) is 26.7 Å². The molecule has 2 atom stereocenters. The standard InChI is InChI=1S/C16H23NO4/c1-11(2)8-13(10-17-20)15(16(19)21-3)9-12-4-6-14(18)7-5-12/h4-7,10-11,13,15,18,20H,8-9H2,1-3H3. The number of hydrogen-bond donors (Lipinski definition) is 2. The van der Waals surface area contributed by atoms with Gasteiger partial charge in [0.2, 0.25) is 0 Å². The molecule has 0 aromatic heterocycles. The second-order valence-electron chi connectivity index (χ2n) is 5.56. The predicted octanol–water partition coefficient (Wildman–Crippen LogP) is 2.85. The van der Waals surface area contributed by atoms with Crippen molar-refractivity contribution in [1.29, 1.82) is 0 Å². The highest BCUT2D eigenvalue weighted by molar-refractivity contribution is 5.78. The van der Waals surface area contributed by atoms with Crippen molar-refractivity contribution in [2.24, 2.45) is 22.9 Å². The monoisotopic (exact) mass is 293 g/mol. The van der Waals surface area contributed by atoms with Gasteiger partial charge in [0.15, 0.2) is 0 Å². The molecule has 5 heteroatoms. The van der Waals surface area contributed by atoms with Crippen LogP contribution in [0.15, 0.2) is 29.4 Å². The molecule has 0 saturated heterocycles. The van der Waals surface area contributed by atoms with Gasteiger partial charge in [0.05, 0.1) is 13.0 Å². The van der Waals surface area contributed by atoms with Crippen molar-refractivity contribution in [3.05, 3.63) is 29.8 Å². The zero-order valence-corrected chi connectivity index (χ0v) is 12.7. The topological polar surface area (TPSA) is 79.1 Å². The first-order valence-corrected chi connectivity index (χ1v) is 7.01. The number of rotatable bonds is 7. The summed E-state index contributed by atoms with van der Waals surface area (Å²) >= 11 is 0. The van der Waals surface area contributed by atoms with E-state index in [9.17, 15) is 9.90 Å². The van der Waals surface area contributed by atoms with E-state index in [-0.39, 0.29) is 17.6 Å². The van der Waals surface area contributed by atoms with E-state index in [4.69, 9.17) is 9.94 Å². The van der Waals surface area contributed by atoms with Crippen LogP contribution in [0.3, 0.4) is 0 Å². The zero-order chi connectivity index (χ0) is 15.8. The number of phenolic OH excluding ortho intramolecular Hbond substituents is 1. The van der Waals surface area contributed by atoms with Gasteiger partial charge in [-0.15, -0.1) is 5.16 Å². The van der Waals surface area contributed by atoms with Crippen LogP contribution in [0.2, 0.25) is 0 Å². The Hall–Kier alpha value is -2.04. The second-order valence-corrected chi connectivity index (χ2v) is 5.56. The van der Waals surface area contributed by atoms with E-state index in [1.165, 1.54) is 13.3 Å². The summed E-state index contributed by atoms with van der Waals surface area (Å²) in [4.78, 5) is 12.1. The summed E-state index contributed by atoms with van der Waals surface area (Å²) in [6.45, 7) is 4.10. The van der Waals surface area contributed by atoms with Crippen LogP contribution in [-0.2, 0) is 16.0 Å². The fourth-order valence-electron chi connectivity index (χ4n) is 2.41. The van der Waals surface area contributed by atoms with Gasteiger partial charge in [-0.2, -0.15) is 0 Å². The molecule has 0 aliphatic heterocycles. The third-order valence-corrected chi connectivity index (χ3v) is 3.41. The SMILES string of the molecule is COC(=O)C(Cc1ccc(O)cc1)C(C=NO)CC(C)C. The number of ether oxygens (including phenoxy) is 1. The van der Waals surface area contributed by atoms with Gasteiger partial charge in [-0.05, 0) is 36.5 Å². The molecule has 0 bridgehead atoms. The molecule has 1 aromatic rings. The normalized spacial score (nSPS) is 14.3. The number of esters is 1. The van der Waals surface area contributed by atoms with Gasteiger partial charge in [0, 0.05) is 12.1 Å². The lowest BCUT2D eigenvalue weighted by molar-refractivity contribution is -0.146. The molecule has 0 saturated carbocycles. The van der Waals surface area contributed by atoms with Crippen LogP contribution in [0.5, 0.6) is 5.75 Å². The van der Waals surface area contributed by atoms with E-state index in [1.807, 2.05) is 13.8 Å². The Morgan fingerprint density at radius 1 is 1.33 bits per heavy atom. The molecule has 0 spiro atoms. The molecule has 116 valence electrons. The average molecular weight is 293 g/mol. The van der Waals surface area contributed by atoms with Gasteiger partial charge in [-0.25, -0.2) is 0 Å². The number of nitrogens with zero attached hydrogens (tertiary/aromatic N) is 1. The largest absolute Gasteiger partial charge is 0.508 e. The molecule has 0 amide bonds. The molecule has 0 radical (unpaired) electrons. The fraction of sp³-hybridized carbons (Fsp3) is 0.500. The molecule has 2 N–H and O–H groups in total. The minimum absolute atomic E-state index is 0.184. The van der Waals surface area contributed by atoms with E-state index in [1.54, 1.807) is 24.3 Å². The molecule has 2 unspecified atom stereocenters. The first kappa shape index (κ1) is 17.0. The molecular weight excluding hydrogens is 270 g/mol. The molecule has 0 heterocycles. The number of phenols is 1.